The zero-order valence-electron chi connectivity index (χ0n) is 17.4. The molecule has 0 fully saturated rings. The van der Waals surface area contributed by atoms with Crippen molar-refractivity contribution in [2.75, 3.05) is 16.2 Å². The minimum Gasteiger partial charge on any atom is -0.394 e. The van der Waals surface area contributed by atoms with Gasteiger partial charge in [0.2, 0.25) is 0 Å². The van der Waals surface area contributed by atoms with Crippen molar-refractivity contribution in [2.24, 2.45) is 0 Å². The van der Waals surface area contributed by atoms with Crippen LogP contribution in [0.2, 0.25) is 0 Å². The van der Waals surface area contributed by atoms with Gasteiger partial charge in [0.15, 0.2) is 11.0 Å². The van der Waals surface area contributed by atoms with Crippen LogP contribution in [0, 0.1) is 0 Å². The summed E-state index contributed by atoms with van der Waals surface area (Å²) in [5.41, 5.74) is 0.888. The SMILES string of the molecule is C[C@H](CO)Nc1cc(N(C(F)(F)F)S(=O)(=O)c2ccccc2)nc(SCc2ccccc2)n1. The van der Waals surface area contributed by atoms with E-state index in [1.54, 1.807) is 6.92 Å². The monoisotopic (exact) mass is 498 g/mol. The van der Waals surface area contributed by atoms with Gasteiger partial charge in [-0.2, -0.15) is 4.31 Å². The smallest absolute Gasteiger partial charge is 0.394 e. The van der Waals surface area contributed by atoms with Crippen LogP contribution in [-0.2, 0) is 15.8 Å². The van der Waals surface area contributed by atoms with E-state index in [4.69, 9.17) is 0 Å². The second kappa shape index (κ2) is 10.4. The average molecular weight is 499 g/mol. The summed E-state index contributed by atoms with van der Waals surface area (Å²) in [4.78, 5) is 7.58. The van der Waals surface area contributed by atoms with Crippen molar-refractivity contribution in [1.82, 2.24) is 9.97 Å². The number of hydrogen-bond acceptors (Lipinski definition) is 7. The van der Waals surface area contributed by atoms with Crippen LogP contribution in [0.5, 0.6) is 0 Å². The van der Waals surface area contributed by atoms with Gasteiger partial charge in [-0.3, -0.25) is 0 Å². The lowest BCUT2D eigenvalue weighted by Gasteiger charge is -2.26. The van der Waals surface area contributed by atoms with Gasteiger partial charge in [-0.25, -0.2) is 18.4 Å². The number of anilines is 2. The molecule has 3 rings (SSSR count). The minimum absolute atomic E-state index is 0.0466. The quantitative estimate of drug-likeness (QED) is 0.258. The molecule has 0 amide bonds. The molecule has 0 aliphatic rings. The number of aliphatic hydroxyl groups excluding tert-OH is 1. The summed E-state index contributed by atoms with van der Waals surface area (Å²) in [5, 5.41) is 12.0. The van der Waals surface area contributed by atoms with Crippen molar-refractivity contribution in [3.05, 3.63) is 72.3 Å². The number of hydrogen-bond donors (Lipinski definition) is 2. The van der Waals surface area contributed by atoms with E-state index >= 15 is 0 Å². The number of benzene rings is 2. The Balaban J connectivity index is 2.07. The van der Waals surface area contributed by atoms with E-state index < -0.39 is 37.4 Å². The van der Waals surface area contributed by atoms with Crippen LogP contribution in [0.3, 0.4) is 0 Å². The molecule has 176 valence electrons. The standard InChI is InChI=1S/C21H21F3N4O3S2/c1-15(13-29)25-18-12-19(27-20(26-18)32-14-16-8-4-2-5-9-16)28(21(22,23)24)33(30,31)17-10-6-3-7-11-17/h2-12,15,29H,13-14H2,1H3,(H,25,26,27)/t15-/m1/s1. The molecular formula is C21H21F3N4O3S2. The second-order valence-electron chi connectivity index (χ2n) is 6.95. The predicted octanol–water partition coefficient (Wildman–Crippen LogP) is 4.28. The Kier molecular flexibility index (Phi) is 7.82. The van der Waals surface area contributed by atoms with Gasteiger partial charge in [-0.1, -0.05) is 60.3 Å². The number of rotatable bonds is 9. The lowest BCUT2D eigenvalue weighted by molar-refractivity contribution is -0.116. The number of aliphatic hydroxyl groups is 1. The van der Waals surface area contributed by atoms with Gasteiger partial charge in [-0.15, -0.1) is 13.2 Å². The van der Waals surface area contributed by atoms with E-state index in [-0.39, 0.29) is 17.6 Å². The molecule has 0 spiro atoms. The molecule has 33 heavy (non-hydrogen) atoms. The van der Waals surface area contributed by atoms with Gasteiger partial charge in [0.05, 0.1) is 11.5 Å². The normalized spacial score (nSPS) is 12.9. The Hall–Kier alpha value is -2.83. The summed E-state index contributed by atoms with van der Waals surface area (Å²) >= 11 is 1.06. The number of alkyl halides is 3. The molecule has 1 atom stereocenters. The molecule has 0 saturated heterocycles. The highest BCUT2D eigenvalue weighted by Crippen LogP contribution is 2.35. The molecule has 2 N–H and O–H groups in total. The first-order chi connectivity index (χ1) is 15.6. The highest BCUT2D eigenvalue weighted by atomic mass is 32.2. The van der Waals surface area contributed by atoms with Crippen molar-refractivity contribution in [2.45, 2.75) is 35.1 Å². The Labute approximate surface area is 193 Å². The Bertz CT molecular complexity index is 1160. The van der Waals surface area contributed by atoms with Crippen LogP contribution in [0.15, 0.2) is 76.8 Å². The summed E-state index contributed by atoms with van der Waals surface area (Å²) in [6, 6.07) is 15.8. The third-order valence-corrected chi connectivity index (χ3v) is 6.95. The van der Waals surface area contributed by atoms with Crippen LogP contribution in [-0.4, -0.2) is 42.4 Å². The number of aromatic nitrogens is 2. The molecule has 0 aliphatic heterocycles. The summed E-state index contributed by atoms with van der Waals surface area (Å²) in [5.74, 6) is -0.546. The lowest BCUT2D eigenvalue weighted by atomic mass is 10.2. The van der Waals surface area contributed by atoms with E-state index in [0.717, 1.165) is 35.5 Å². The third-order valence-electron chi connectivity index (χ3n) is 4.29. The third kappa shape index (κ3) is 6.36. The summed E-state index contributed by atoms with van der Waals surface area (Å²) in [6.45, 7) is 1.29. The first-order valence-corrected chi connectivity index (χ1v) is 12.1. The van der Waals surface area contributed by atoms with Crippen molar-refractivity contribution in [3.8, 4) is 0 Å². The minimum atomic E-state index is -5.29. The van der Waals surface area contributed by atoms with Crippen LogP contribution in [0.4, 0.5) is 24.8 Å². The van der Waals surface area contributed by atoms with E-state index in [2.05, 4.69) is 15.3 Å². The molecule has 0 saturated carbocycles. The molecule has 0 radical (unpaired) electrons. The Morgan fingerprint density at radius 2 is 1.67 bits per heavy atom. The Morgan fingerprint density at radius 3 is 2.24 bits per heavy atom. The highest BCUT2D eigenvalue weighted by Gasteiger charge is 2.48. The van der Waals surface area contributed by atoms with Gasteiger partial charge in [0, 0.05) is 17.9 Å². The van der Waals surface area contributed by atoms with Crippen LogP contribution >= 0.6 is 11.8 Å². The first-order valence-electron chi connectivity index (χ1n) is 9.71. The molecule has 0 unspecified atom stereocenters. The van der Waals surface area contributed by atoms with E-state index in [1.165, 1.54) is 18.2 Å². The maximum Gasteiger partial charge on any atom is 0.500 e. The van der Waals surface area contributed by atoms with Crippen molar-refractivity contribution >= 4 is 33.4 Å². The fourth-order valence-electron chi connectivity index (χ4n) is 2.76. The fourth-order valence-corrected chi connectivity index (χ4v) is 4.90. The maximum absolute atomic E-state index is 14.0. The molecule has 7 nitrogen and oxygen atoms in total. The van der Waals surface area contributed by atoms with Gasteiger partial charge in [-0.05, 0) is 24.6 Å². The van der Waals surface area contributed by atoms with Crippen molar-refractivity contribution in [1.29, 1.82) is 0 Å². The second-order valence-corrected chi connectivity index (χ2v) is 9.68. The van der Waals surface area contributed by atoms with Gasteiger partial charge >= 0.3 is 6.30 Å². The summed E-state index contributed by atoms with van der Waals surface area (Å²) in [6.07, 6.45) is -5.29. The zero-order chi connectivity index (χ0) is 24.1. The molecule has 2 aromatic carbocycles. The fraction of sp³-hybridized carbons (Fsp3) is 0.238. The molecular weight excluding hydrogens is 477 g/mol. The van der Waals surface area contributed by atoms with Gasteiger partial charge < -0.3 is 10.4 Å². The highest BCUT2D eigenvalue weighted by molar-refractivity contribution is 7.98. The van der Waals surface area contributed by atoms with Crippen LogP contribution in [0.1, 0.15) is 12.5 Å². The van der Waals surface area contributed by atoms with Gasteiger partial charge in [0.1, 0.15) is 5.82 Å². The van der Waals surface area contributed by atoms with Crippen molar-refractivity contribution < 1.29 is 26.7 Å². The van der Waals surface area contributed by atoms with E-state index in [1.807, 2.05) is 30.3 Å². The molecule has 0 aliphatic carbocycles. The molecule has 12 heteroatoms. The lowest BCUT2D eigenvalue weighted by Crippen LogP contribution is -2.43. The molecule has 1 heterocycles. The largest absolute Gasteiger partial charge is 0.500 e. The van der Waals surface area contributed by atoms with Gasteiger partial charge in [0.25, 0.3) is 10.0 Å². The molecule has 0 bridgehead atoms. The molecule has 1 aromatic heterocycles. The topological polar surface area (TPSA) is 95.4 Å². The molecule has 3 aromatic rings. The van der Waals surface area contributed by atoms with E-state index in [0.29, 0.717) is 5.75 Å². The van der Waals surface area contributed by atoms with E-state index in [9.17, 15) is 26.7 Å². The summed E-state index contributed by atoms with van der Waals surface area (Å²) < 4.78 is 67.4. The first kappa shape index (κ1) is 24.8. The van der Waals surface area contributed by atoms with Crippen LogP contribution in [0.25, 0.3) is 0 Å². The number of thioether (sulfide) groups is 1. The summed E-state index contributed by atoms with van der Waals surface area (Å²) in [7, 11) is -5.01. The predicted molar refractivity (Wildman–Crippen MR) is 120 cm³/mol. The number of sulfonamides is 1. The number of halogens is 3. The number of nitrogens with zero attached hydrogens (tertiary/aromatic N) is 3. The number of nitrogens with one attached hydrogen (secondary N) is 1. The Morgan fingerprint density at radius 1 is 1.06 bits per heavy atom. The van der Waals surface area contributed by atoms with Crippen LogP contribution < -0.4 is 9.62 Å². The average Bonchev–Trinajstić information content (AvgIpc) is 2.77. The zero-order valence-corrected chi connectivity index (χ0v) is 19.0. The van der Waals surface area contributed by atoms with Crippen molar-refractivity contribution in [3.63, 3.8) is 0 Å². The maximum atomic E-state index is 14.0.